The molecule has 0 radical (unpaired) electrons. The van der Waals surface area contributed by atoms with Gasteiger partial charge in [0, 0.05) is 12.4 Å². The summed E-state index contributed by atoms with van der Waals surface area (Å²) in [5.74, 6) is -0.671. The van der Waals surface area contributed by atoms with E-state index in [1.807, 2.05) is 0 Å². The molecule has 11 heavy (non-hydrogen) atoms. The quantitative estimate of drug-likeness (QED) is 0.601. The lowest BCUT2D eigenvalue weighted by Crippen LogP contribution is -2.03. The topological polar surface area (TPSA) is 39.2 Å². The first-order valence-electron chi connectivity index (χ1n) is 2.97. The van der Waals surface area contributed by atoms with E-state index in [-0.39, 0.29) is 0 Å². The summed E-state index contributed by atoms with van der Waals surface area (Å²) in [5, 5.41) is 0. The van der Waals surface area contributed by atoms with E-state index in [0.717, 1.165) is 0 Å². The average molecular weight is 155 g/mol. The van der Waals surface area contributed by atoms with Crippen LogP contribution in [0.4, 0.5) is 4.39 Å². The van der Waals surface area contributed by atoms with Crippen LogP contribution in [0.15, 0.2) is 24.5 Å². The summed E-state index contributed by atoms with van der Waals surface area (Å²) in [4.78, 5) is 14.4. The third kappa shape index (κ3) is 2.00. The van der Waals surface area contributed by atoms with E-state index >= 15 is 0 Å². The number of carbonyl (C=O) groups excluding carboxylic acids is 1. The van der Waals surface area contributed by atoms with E-state index in [9.17, 15) is 9.18 Å². The van der Waals surface area contributed by atoms with E-state index in [0.29, 0.717) is 5.56 Å². The van der Waals surface area contributed by atoms with E-state index in [4.69, 9.17) is 0 Å². The number of carbonyl (C=O) groups is 1. The molecule has 1 aromatic heterocycles. The lowest BCUT2D eigenvalue weighted by molar-refractivity contribution is 0.0324. The van der Waals surface area contributed by atoms with Crippen LogP contribution in [-0.2, 0) is 4.74 Å². The molecule has 1 rings (SSSR count). The number of ether oxygens (including phenoxy) is 1. The van der Waals surface area contributed by atoms with Gasteiger partial charge in [-0.3, -0.25) is 4.98 Å². The molecule has 0 saturated heterocycles. The second-order valence-electron chi connectivity index (χ2n) is 1.78. The molecule has 0 saturated carbocycles. The third-order valence-corrected chi connectivity index (χ3v) is 1.10. The van der Waals surface area contributed by atoms with Crippen LogP contribution in [0.5, 0.6) is 0 Å². The first-order chi connectivity index (χ1) is 5.34. The monoisotopic (exact) mass is 155 g/mol. The predicted molar refractivity (Wildman–Crippen MR) is 35.6 cm³/mol. The van der Waals surface area contributed by atoms with Crippen LogP contribution in [0.25, 0.3) is 0 Å². The number of alkyl halides is 1. The third-order valence-electron chi connectivity index (χ3n) is 1.10. The maximum absolute atomic E-state index is 11.5. The molecule has 0 aliphatic carbocycles. The van der Waals surface area contributed by atoms with Crippen molar-refractivity contribution < 1.29 is 13.9 Å². The minimum atomic E-state index is -1.10. The largest absolute Gasteiger partial charge is 0.430 e. The summed E-state index contributed by atoms with van der Waals surface area (Å²) in [6, 6.07) is 2.91. The van der Waals surface area contributed by atoms with Gasteiger partial charge in [0.25, 0.3) is 0 Å². The zero-order valence-corrected chi connectivity index (χ0v) is 5.66. The standard InChI is InChI=1S/C7H6FNO2/c8-5-11-7(10)6-1-3-9-4-2-6/h1-4H,5H2. The van der Waals surface area contributed by atoms with Crippen LogP contribution >= 0.6 is 0 Å². The molecule has 0 aromatic carbocycles. The van der Waals surface area contributed by atoms with Gasteiger partial charge in [-0.1, -0.05) is 0 Å². The SMILES string of the molecule is O=C(OCF)c1ccncc1. The summed E-state index contributed by atoms with van der Waals surface area (Å²) in [6.45, 7) is -1.10. The molecule has 4 heteroatoms. The molecule has 0 aliphatic heterocycles. The van der Waals surface area contributed by atoms with Crippen molar-refractivity contribution in [3.63, 3.8) is 0 Å². The van der Waals surface area contributed by atoms with Crippen LogP contribution in [0.3, 0.4) is 0 Å². The van der Waals surface area contributed by atoms with Crippen LogP contribution in [-0.4, -0.2) is 17.8 Å². The maximum atomic E-state index is 11.5. The lowest BCUT2D eigenvalue weighted by Gasteiger charge is -1.97. The van der Waals surface area contributed by atoms with E-state index in [1.54, 1.807) is 0 Å². The molecular weight excluding hydrogens is 149 g/mol. The smallest absolute Gasteiger partial charge is 0.340 e. The van der Waals surface area contributed by atoms with Gasteiger partial charge in [0.1, 0.15) is 0 Å². The summed E-state index contributed by atoms with van der Waals surface area (Å²) >= 11 is 0. The van der Waals surface area contributed by atoms with E-state index in [1.165, 1.54) is 24.5 Å². The summed E-state index contributed by atoms with van der Waals surface area (Å²) in [7, 11) is 0. The minimum Gasteiger partial charge on any atom is -0.430 e. The molecule has 58 valence electrons. The molecule has 0 N–H and O–H groups in total. The lowest BCUT2D eigenvalue weighted by atomic mass is 10.3. The Bertz CT molecular complexity index is 237. The highest BCUT2D eigenvalue weighted by atomic mass is 19.1. The van der Waals surface area contributed by atoms with Crippen molar-refractivity contribution >= 4 is 5.97 Å². The summed E-state index contributed by atoms with van der Waals surface area (Å²) in [6.07, 6.45) is 2.88. The Balaban J connectivity index is 2.69. The first kappa shape index (κ1) is 7.65. The van der Waals surface area contributed by atoms with Crippen LogP contribution in [0.1, 0.15) is 10.4 Å². The molecule has 0 amide bonds. The number of hydrogen-bond acceptors (Lipinski definition) is 3. The molecule has 0 fully saturated rings. The number of halogens is 1. The highest BCUT2D eigenvalue weighted by Crippen LogP contribution is 1.98. The van der Waals surface area contributed by atoms with Gasteiger partial charge in [0.15, 0.2) is 0 Å². The molecular formula is C7H6FNO2. The fraction of sp³-hybridized carbons (Fsp3) is 0.143. The predicted octanol–water partition coefficient (Wildman–Crippen LogP) is 1.17. The Morgan fingerprint density at radius 2 is 2.18 bits per heavy atom. The van der Waals surface area contributed by atoms with Gasteiger partial charge in [0.05, 0.1) is 5.56 Å². The number of esters is 1. The number of aromatic nitrogens is 1. The summed E-state index contributed by atoms with van der Waals surface area (Å²) < 4.78 is 15.6. The fourth-order valence-corrected chi connectivity index (χ4v) is 0.621. The average Bonchev–Trinajstić information content (AvgIpc) is 2.07. The maximum Gasteiger partial charge on any atom is 0.340 e. The number of hydrogen-bond donors (Lipinski definition) is 0. The Morgan fingerprint density at radius 1 is 1.55 bits per heavy atom. The Hall–Kier alpha value is -1.45. The highest BCUT2D eigenvalue weighted by Gasteiger charge is 2.03. The van der Waals surface area contributed by atoms with Gasteiger partial charge in [0.2, 0.25) is 6.86 Å². The number of rotatable bonds is 2. The Morgan fingerprint density at radius 3 is 2.73 bits per heavy atom. The van der Waals surface area contributed by atoms with Crippen molar-refractivity contribution in [3.8, 4) is 0 Å². The fourth-order valence-electron chi connectivity index (χ4n) is 0.621. The molecule has 0 bridgehead atoms. The molecule has 1 heterocycles. The van der Waals surface area contributed by atoms with Crippen LogP contribution in [0, 0.1) is 0 Å². The van der Waals surface area contributed by atoms with Gasteiger partial charge < -0.3 is 4.74 Å². The van der Waals surface area contributed by atoms with Gasteiger partial charge in [-0.15, -0.1) is 0 Å². The normalized spacial score (nSPS) is 9.18. The zero-order chi connectivity index (χ0) is 8.10. The molecule has 0 unspecified atom stereocenters. The molecule has 0 spiro atoms. The number of pyridine rings is 1. The van der Waals surface area contributed by atoms with Gasteiger partial charge >= 0.3 is 5.97 Å². The molecule has 0 atom stereocenters. The van der Waals surface area contributed by atoms with Crippen molar-refractivity contribution in [3.05, 3.63) is 30.1 Å². The van der Waals surface area contributed by atoms with Crippen molar-refractivity contribution in [2.24, 2.45) is 0 Å². The summed E-state index contributed by atoms with van der Waals surface area (Å²) in [5.41, 5.74) is 0.303. The minimum absolute atomic E-state index is 0.303. The molecule has 0 aliphatic rings. The van der Waals surface area contributed by atoms with Crippen molar-refractivity contribution in [1.82, 2.24) is 4.98 Å². The Labute approximate surface area is 62.8 Å². The van der Waals surface area contributed by atoms with Gasteiger partial charge in [-0.05, 0) is 12.1 Å². The van der Waals surface area contributed by atoms with Crippen molar-refractivity contribution in [2.45, 2.75) is 0 Å². The zero-order valence-electron chi connectivity index (χ0n) is 5.66. The highest BCUT2D eigenvalue weighted by molar-refractivity contribution is 5.89. The molecule has 1 aromatic rings. The van der Waals surface area contributed by atoms with E-state index in [2.05, 4.69) is 9.72 Å². The Kier molecular flexibility index (Phi) is 2.54. The van der Waals surface area contributed by atoms with Crippen LogP contribution in [0.2, 0.25) is 0 Å². The number of nitrogens with zero attached hydrogens (tertiary/aromatic N) is 1. The van der Waals surface area contributed by atoms with Gasteiger partial charge in [-0.25, -0.2) is 9.18 Å². The molecule has 3 nitrogen and oxygen atoms in total. The second kappa shape index (κ2) is 3.65. The first-order valence-corrected chi connectivity index (χ1v) is 2.97. The second-order valence-corrected chi connectivity index (χ2v) is 1.78. The van der Waals surface area contributed by atoms with Gasteiger partial charge in [-0.2, -0.15) is 0 Å². The van der Waals surface area contributed by atoms with Crippen molar-refractivity contribution in [2.75, 3.05) is 6.86 Å². The van der Waals surface area contributed by atoms with E-state index < -0.39 is 12.8 Å². The van der Waals surface area contributed by atoms with Crippen molar-refractivity contribution in [1.29, 1.82) is 0 Å². The van der Waals surface area contributed by atoms with Crippen LogP contribution < -0.4 is 0 Å².